The quantitative estimate of drug-likeness (QED) is 0.468. The summed E-state index contributed by atoms with van der Waals surface area (Å²) in [4.78, 5) is 12.9. The van der Waals surface area contributed by atoms with Crippen molar-refractivity contribution in [2.75, 3.05) is 6.54 Å². The van der Waals surface area contributed by atoms with E-state index in [0.717, 1.165) is 37.2 Å². The zero-order chi connectivity index (χ0) is 23.3. The molecule has 1 aromatic carbocycles. The molecule has 2 aromatic rings. The van der Waals surface area contributed by atoms with Crippen molar-refractivity contribution in [1.29, 1.82) is 0 Å². The molecule has 8 heteroatoms. The van der Waals surface area contributed by atoms with Gasteiger partial charge in [-0.2, -0.15) is 13.9 Å². The monoisotopic (exact) mass is 467 g/mol. The van der Waals surface area contributed by atoms with Crippen LogP contribution in [0.25, 0.3) is 11.3 Å². The van der Waals surface area contributed by atoms with Gasteiger partial charge in [0.05, 0.1) is 10.7 Å². The van der Waals surface area contributed by atoms with Gasteiger partial charge in [0.2, 0.25) is 0 Å². The van der Waals surface area contributed by atoms with Crippen LogP contribution in [-0.2, 0) is 13.0 Å². The highest BCUT2D eigenvalue weighted by molar-refractivity contribution is 6.36. The molecule has 1 aliphatic carbocycles. The van der Waals surface area contributed by atoms with E-state index in [9.17, 15) is 13.6 Å². The zero-order valence-electron chi connectivity index (χ0n) is 19.0. The second-order valence-corrected chi connectivity index (χ2v) is 9.00. The molecule has 0 radical (unpaired) electrons. The van der Waals surface area contributed by atoms with Gasteiger partial charge in [0.15, 0.2) is 5.69 Å². The Hall–Kier alpha value is -2.15. The number of aromatic nitrogens is 2. The highest BCUT2D eigenvalue weighted by Crippen LogP contribution is 2.38. The lowest BCUT2D eigenvalue weighted by Gasteiger charge is -2.26. The van der Waals surface area contributed by atoms with Crippen molar-refractivity contribution in [3.05, 3.63) is 34.5 Å². The third kappa shape index (κ3) is 5.80. The normalized spacial score (nSPS) is 18.7. The molecule has 1 amide bonds. The Kier molecular flexibility index (Phi) is 8.51. The number of ether oxygens (including phenoxy) is 1. The maximum Gasteiger partial charge on any atom is 0.387 e. The van der Waals surface area contributed by atoms with Gasteiger partial charge in [-0.05, 0) is 55.7 Å². The molecule has 0 saturated heterocycles. The minimum atomic E-state index is -2.97. The molecule has 0 unspecified atom stereocenters. The lowest BCUT2D eigenvalue weighted by Crippen LogP contribution is -2.31. The van der Waals surface area contributed by atoms with E-state index in [4.69, 9.17) is 16.3 Å². The molecule has 1 aliphatic rings. The number of nitrogens with zero attached hydrogens (tertiary/aromatic N) is 2. The summed E-state index contributed by atoms with van der Waals surface area (Å²) < 4.78 is 32.6. The Morgan fingerprint density at radius 2 is 2.00 bits per heavy atom. The van der Waals surface area contributed by atoms with Crippen LogP contribution < -0.4 is 10.1 Å². The molecule has 176 valence electrons. The molecule has 1 heterocycles. The summed E-state index contributed by atoms with van der Waals surface area (Å²) >= 11 is 6.60. The topological polar surface area (TPSA) is 56.2 Å². The second kappa shape index (κ2) is 11.1. The second-order valence-electron chi connectivity index (χ2n) is 8.62. The van der Waals surface area contributed by atoms with Gasteiger partial charge in [-0.3, -0.25) is 9.48 Å². The molecular formula is C24H32ClF2N3O2. The molecule has 0 aliphatic heterocycles. The summed E-state index contributed by atoms with van der Waals surface area (Å²) in [5, 5.41) is 7.49. The number of carbonyl (C=O) groups excluding carboxylic acids is 1. The van der Waals surface area contributed by atoms with E-state index in [1.54, 1.807) is 16.8 Å². The highest BCUT2D eigenvalue weighted by Gasteiger charge is 2.26. The SMILES string of the molecule is CCCc1ccc(-c2c(Cl)c(C(=O)NCC3CCC(C)CC3)nn2CC)c(OC(F)F)c1. The number of amides is 1. The summed E-state index contributed by atoms with van der Waals surface area (Å²) in [5.74, 6) is 0.887. The molecule has 1 aromatic heterocycles. The smallest absolute Gasteiger partial charge is 0.387 e. The van der Waals surface area contributed by atoms with Crippen LogP contribution in [-0.4, -0.2) is 28.8 Å². The Bertz CT molecular complexity index is 924. The lowest BCUT2D eigenvalue weighted by molar-refractivity contribution is -0.0495. The zero-order valence-corrected chi connectivity index (χ0v) is 19.7. The van der Waals surface area contributed by atoms with Crippen molar-refractivity contribution in [3.63, 3.8) is 0 Å². The number of halogens is 3. The Labute approximate surface area is 193 Å². The third-order valence-corrected chi connectivity index (χ3v) is 6.51. The fraction of sp³-hybridized carbons (Fsp3) is 0.583. The van der Waals surface area contributed by atoms with Crippen molar-refractivity contribution in [2.24, 2.45) is 11.8 Å². The van der Waals surface area contributed by atoms with E-state index in [2.05, 4.69) is 17.3 Å². The predicted molar refractivity (Wildman–Crippen MR) is 122 cm³/mol. The van der Waals surface area contributed by atoms with Crippen molar-refractivity contribution in [1.82, 2.24) is 15.1 Å². The van der Waals surface area contributed by atoms with E-state index >= 15 is 0 Å². The number of nitrogens with one attached hydrogen (secondary N) is 1. The van der Waals surface area contributed by atoms with Crippen LogP contribution >= 0.6 is 11.6 Å². The molecule has 1 N–H and O–H groups in total. The summed E-state index contributed by atoms with van der Waals surface area (Å²) in [6.45, 7) is 4.17. The number of rotatable bonds is 9. The Balaban J connectivity index is 1.87. The van der Waals surface area contributed by atoms with Crippen LogP contribution in [0.5, 0.6) is 5.75 Å². The van der Waals surface area contributed by atoms with E-state index < -0.39 is 6.61 Å². The van der Waals surface area contributed by atoms with Crippen molar-refractivity contribution in [3.8, 4) is 17.0 Å². The Morgan fingerprint density at radius 3 is 2.62 bits per heavy atom. The van der Waals surface area contributed by atoms with E-state index in [1.807, 2.05) is 19.9 Å². The molecule has 1 saturated carbocycles. The van der Waals surface area contributed by atoms with Gasteiger partial charge in [-0.15, -0.1) is 0 Å². The third-order valence-electron chi connectivity index (χ3n) is 6.15. The van der Waals surface area contributed by atoms with Crippen molar-refractivity contribution in [2.45, 2.75) is 72.5 Å². The fourth-order valence-electron chi connectivity index (χ4n) is 4.33. The first-order chi connectivity index (χ1) is 15.3. The predicted octanol–water partition coefficient (Wildman–Crippen LogP) is 6.33. The molecule has 3 rings (SSSR count). The van der Waals surface area contributed by atoms with Crippen LogP contribution in [0.3, 0.4) is 0 Å². The Morgan fingerprint density at radius 1 is 1.28 bits per heavy atom. The van der Waals surface area contributed by atoms with Crippen LogP contribution in [0.2, 0.25) is 5.02 Å². The first-order valence-electron chi connectivity index (χ1n) is 11.5. The summed E-state index contributed by atoms with van der Waals surface area (Å²) in [6, 6.07) is 5.19. The first-order valence-corrected chi connectivity index (χ1v) is 11.8. The van der Waals surface area contributed by atoms with Crippen molar-refractivity contribution >= 4 is 17.5 Å². The fourth-order valence-corrected chi connectivity index (χ4v) is 4.65. The molecule has 1 fully saturated rings. The van der Waals surface area contributed by atoms with Gasteiger partial charge < -0.3 is 10.1 Å². The number of hydrogen-bond acceptors (Lipinski definition) is 3. The number of benzene rings is 1. The van der Waals surface area contributed by atoms with E-state index in [0.29, 0.717) is 30.3 Å². The number of alkyl halides is 2. The average Bonchev–Trinajstić information content (AvgIpc) is 3.09. The van der Waals surface area contributed by atoms with Gasteiger partial charge in [-0.25, -0.2) is 0 Å². The van der Waals surface area contributed by atoms with Crippen molar-refractivity contribution < 1.29 is 18.3 Å². The van der Waals surface area contributed by atoms with E-state index in [-0.39, 0.29) is 22.4 Å². The molecule has 5 nitrogen and oxygen atoms in total. The van der Waals surface area contributed by atoms with E-state index in [1.165, 1.54) is 12.8 Å². The van der Waals surface area contributed by atoms with Gasteiger partial charge in [-0.1, -0.05) is 50.8 Å². The number of aryl methyl sites for hydroxylation is 2. The van der Waals surface area contributed by atoms with Gasteiger partial charge in [0.1, 0.15) is 5.75 Å². The average molecular weight is 468 g/mol. The largest absolute Gasteiger partial charge is 0.434 e. The molecule has 0 bridgehead atoms. The molecule has 0 spiro atoms. The maximum absolute atomic E-state index is 13.1. The maximum atomic E-state index is 13.1. The molecule has 0 atom stereocenters. The van der Waals surface area contributed by atoms with Crippen LogP contribution in [0.4, 0.5) is 8.78 Å². The van der Waals surface area contributed by atoms with Gasteiger partial charge >= 0.3 is 6.61 Å². The van der Waals surface area contributed by atoms with Gasteiger partial charge in [0, 0.05) is 18.7 Å². The minimum Gasteiger partial charge on any atom is -0.434 e. The standard InChI is InChI=1S/C24H32ClF2N3O2/c1-4-6-16-11-12-18(19(13-16)32-24(26)27)22-20(25)21(29-30(22)5-2)23(31)28-14-17-9-7-15(3)8-10-17/h11-13,15,17,24H,4-10,14H2,1-3H3,(H,28,31). The minimum absolute atomic E-state index is 0.0331. The summed E-state index contributed by atoms with van der Waals surface area (Å²) in [6.07, 6.45) is 6.18. The lowest BCUT2D eigenvalue weighted by atomic mass is 9.83. The summed E-state index contributed by atoms with van der Waals surface area (Å²) in [7, 11) is 0. The summed E-state index contributed by atoms with van der Waals surface area (Å²) in [5.41, 5.74) is 1.80. The molecular weight excluding hydrogens is 436 g/mol. The van der Waals surface area contributed by atoms with Crippen LogP contribution in [0, 0.1) is 11.8 Å². The van der Waals surface area contributed by atoms with Crippen LogP contribution in [0.15, 0.2) is 18.2 Å². The number of hydrogen-bond donors (Lipinski definition) is 1. The first kappa shape index (κ1) is 24.5. The van der Waals surface area contributed by atoms with Gasteiger partial charge in [0.25, 0.3) is 5.91 Å². The van der Waals surface area contributed by atoms with Crippen LogP contribution in [0.1, 0.15) is 68.9 Å². The number of carbonyl (C=O) groups is 1. The highest BCUT2D eigenvalue weighted by atomic mass is 35.5. The molecule has 32 heavy (non-hydrogen) atoms.